The van der Waals surface area contributed by atoms with Crippen molar-refractivity contribution in [1.82, 2.24) is 9.21 Å². The van der Waals surface area contributed by atoms with Crippen LogP contribution in [0.15, 0.2) is 35.2 Å². The molecule has 7 nitrogen and oxygen atoms in total. The second-order valence-corrected chi connectivity index (χ2v) is 8.64. The number of sulfonamides is 1. The lowest BCUT2D eigenvalue weighted by Crippen LogP contribution is -2.47. The van der Waals surface area contributed by atoms with E-state index < -0.39 is 28.0 Å². The number of amides is 1. The summed E-state index contributed by atoms with van der Waals surface area (Å²) in [7, 11) is -3.74. The molecule has 1 amide bonds. The van der Waals surface area contributed by atoms with Crippen LogP contribution in [0.4, 0.5) is 0 Å². The summed E-state index contributed by atoms with van der Waals surface area (Å²) in [5.41, 5.74) is 0. The molecule has 25 heavy (non-hydrogen) atoms. The lowest BCUT2D eigenvalue weighted by Gasteiger charge is -2.27. The summed E-state index contributed by atoms with van der Waals surface area (Å²) in [4.78, 5) is 25.8. The van der Waals surface area contributed by atoms with Crippen LogP contribution in [-0.2, 0) is 19.6 Å². The summed E-state index contributed by atoms with van der Waals surface area (Å²) >= 11 is 0. The molecule has 2 aliphatic rings. The molecule has 2 aliphatic heterocycles. The molecule has 1 aromatic carbocycles. The quantitative estimate of drug-likeness (QED) is 0.858. The molecular weight excluding hydrogens is 344 g/mol. The fraction of sp³-hybridized carbons (Fsp3) is 0.529. The van der Waals surface area contributed by atoms with E-state index in [0.717, 1.165) is 0 Å². The number of aliphatic carboxylic acids is 1. The van der Waals surface area contributed by atoms with Crippen LogP contribution in [0.25, 0.3) is 0 Å². The largest absolute Gasteiger partial charge is 0.481 e. The minimum absolute atomic E-state index is 0.137. The Kier molecular flexibility index (Phi) is 4.83. The zero-order valence-electron chi connectivity index (χ0n) is 14.0. The summed E-state index contributed by atoms with van der Waals surface area (Å²) in [5, 5.41) is 9.23. The van der Waals surface area contributed by atoms with Gasteiger partial charge in [0.05, 0.1) is 10.8 Å². The first-order chi connectivity index (χ1) is 11.8. The molecule has 2 saturated heterocycles. The summed E-state index contributed by atoms with van der Waals surface area (Å²) in [6.45, 7) is 2.61. The van der Waals surface area contributed by atoms with Gasteiger partial charge in [0.1, 0.15) is 6.04 Å². The van der Waals surface area contributed by atoms with E-state index in [1.807, 2.05) is 0 Å². The zero-order valence-corrected chi connectivity index (χ0v) is 14.9. The third-order valence-corrected chi connectivity index (χ3v) is 7.00. The molecule has 0 saturated carbocycles. The maximum atomic E-state index is 12.9. The van der Waals surface area contributed by atoms with Crippen LogP contribution in [0.2, 0.25) is 0 Å². The van der Waals surface area contributed by atoms with E-state index in [-0.39, 0.29) is 23.3 Å². The van der Waals surface area contributed by atoms with Gasteiger partial charge in [0, 0.05) is 19.6 Å². The second-order valence-electron chi connectivity index (χ2n) is 6.75. The average Bonchev–Trinajstić information content (AvgIpc) is 3.22. The van der Waals surface area contributed by atoms with Crippen molar-refractivity contribution in [1.29, 1.82) is 0 Å². The minimum atomic E-state index is -3.74. The molecular formula is C17H22N2O5S. The number of benzene rings is 1. The molecule has 0 spiro atoms. The van der Waals surface area contributed by atoms with Gasteiger partial charge in [-0.15, -0.1) is 0 Å². The highest BCUT2D eigenvalue weighted by Crippen LogP contribution is 2.30. The molecule has 136 valence electrons. The Hall–Kier alpha value is -1.93. The van der Waals surface area contributed by atoms with Crippen LogP contribution in [0, 0.1) is 11.8 Å². The zero-order chi connectivity index (χ0) is 18.2. The Morgan fingerprint density at radius 1 is 1.16 bits per heavy atom. The average molecular weight is 366 g/mol. The fourth-order valence-electron chi connectivity index (χ4n) is 3.68. The van der Waals surface area contributed by atoms with Crippen molar-refractivity contribution in [3.05, 3.63) is 30.3 Å². The fourth-order valence-corrected chi connectivity index (χ4v) is 5.35. The van der Waals surface area contributed by atoms with Gasteiger partial charge in [-0.2, -0.15) is 4.31 Å². The molecule has 1 N–H and O–H groups in total. The summed E-state index contributed by atoms with van der Waals surface area (Å²) < 4.78 is 27.0. The van der Waals surface area contributed by atoms with Gasteiger partial charge in [-0.3, -0.25) is 9.59 Å². The van der Waals surface area contributed by atoms with Crippen molar-refractivity contribution in [2.24, 2.45) is 11.8 Å². The molecule has 2 heterocycles. The Labute approximate surface area is 147 Å². The Bertz CT molecular complexity index is 765. The normalized spacial score (nSPS) is 27.6. The number of nitrogens with zero attached hydrogens (tertiary/aromatic N) is 2. The lowest BCUT2D eigenvalue weighted by atomic mass is 9.99. The van der Waals surface area contributed by atoms with Gasteiger partial charge < -0.3 is 10.0 Å². The van der Waals surface area contributed by atoms with Gasteiger partial charge in [-0.1, -0.05) is 25.1 Å². The lowest BCUT2D eigenvalue weighted by molar-refractivity contribution is -0.142. The molecule has 8 heteroatoms. The molecule has 3 rings (SSSR count). The smallest absolute Gasteiger partial charge is 0.308 e. The first-order valence-electron chi connectivity index (χ1n) is 8.41. The van der Waals surface area contributed by atoms with Crippen LogP contribution in [0.1, 0.15) is 19.8 Å². The van der Waals surface area contributed by atoms with Crippen LogP contribution < -0.4 is 0 Å². The van der Waals surface area contributed by atoms with Gasteiger partial charge in [0.2, 0.25) is 15.9 Å². The molecule has 1 unspecified atom stereocenters. The van der Waals surface area contributed by atoms with Crippen molar-refractivity contribution >= 4 is 21.9 Å². The standard InChI is InChI=1S/C17H22N2O5S/c1-12-10-18(11-14(12)17(21)22)16(20)15-8-5-9-19(15)25(23,24)13-6-3-2-4-7-13/h2-4,6-7,12,14-15H,5,8-11H2,1H3,(H,21,22)/t12-,14-,15?/m1/s1. The van der Waals surface area contributed by atoms with Crippen molar-refractivity contribution in [3.8, 4) is 0 Å². The highest BCUT2D eigenvalue weighted by molar-refractivity contribution is 7.89. The number of carbonyl (C=O) groups excluding carboxylic acids is 1. The van der Waals surface area contributed by atoms with E-state index in [9.17, 15) is 23.1 Å². The first-order valence-corrected chi connectivity index (χ1v) is 9.85. The van der Waals surface area contributed by atoms with E-state index in [1.54, 1.807) is 25.1 Å². The molecule has 1 aromatic rings. The molecule has 0 aromatic heterocycles. The van der Waals surface area contributed by atoms with Crippen molar-refractivity contribution < 1.29 is 23.1 Å². The molecule has 3 atom stereocenters. The predicted octanol–water partition coefficient (Wildman–Crippen LogP) is 1.02. The maximum absolute atomic E-state index is 12.9. The van der Waals surface area contributed by atoms with Crippen LogP contribution in [-0.4, -0.2) is 60.3 Å². The molecule has 0 bridgehead atoms. The van der Waals surface area contributed by atoms with E-state index in [1.165, 1.54) is 21.3 Å². The Morgan fingerprint density at radius 3 is 2.44 bits per heavy atom. The van der Waals surface area contributed by atoms with Crippen LogP contribution in [0.3, 0.4) is 0 Å². The highest BCUT2D eigenvalue weighted by atomic mass is 32.2. The van der Waals surface area contributed by atoms with E-state index in [0.29, 0.717) is 25.9 Å². The van der Waals surface area contributed by atoms with Gasteiger partial charge in [-0.05, 0) is 30.9 Å². The maximum Gasteiger partial charge on any atom is 0.308 e. The van der Waals surface area contributed by atoms with Crippen LogP contribution >= 0.6 is 0 Å². The third kappa shape index (κ3) is 3.28. The van der Waals surface area contributed by atoms with Crippen molar-refractivity contribution in [2.45, 2.75) is 30.7 Å². The number of carbonyl (C=O) groups is 2. The highest BCUT2D eigenvalue weighted by Gasteiger charge is 2.44. The monoisotopic (exact) mass is 366 g/mol. The van der Waals surface area contributed by atoms with Gasteiger partial charge in [0.15, 0.2) is 0 Å². The summed E-state index contributed by atoms with van der Waals surface area (Å²) in [5.74, 6) is -1.93. The van der Waals surface area contributed by atoms with Crippen molar-refractivity contribution in [2.75, 3.05) is 19.6 Å². The van der Waals surface area contributed by atoms with Gasteiger partial charge in [-0.25, -0.2) is 8.42 Å². The number of hydrogen-bond acceptors (Lipinski definition) is 4. The van der Waals surface area contributed by atoms with Gasteiger partial charge >= 0.3 is 5.97 Å². The Balaban J connectivity index is 1.80. The van der Waals surface area contributed by atoms with E-state index in [2.05, 4.69) is 0 Å². The molecule has 0 aliphatic carbocycles. The van der Waals surface area contributed by atoms with E-state index >= 15 is 0 Å². The SMILES string of the molecule is C[C@@H]1CN(C(=O)C2CCCN2S(=O)(=O)c2ccccc2)C[C@H]1C(=O)O. The van der Waals surface area contributed by atoms with E-state index in [4.69, 9.17) is 0 Å². The Morgan fingerprint density at radius 2 is 1.84 bits per heavy atom. The number of rotatable bonds is 4. The number of carboxylic acids is 1. The number of hydrogen-bond donors (Lipinski definition) is 1. The van der Waals surface area contributed by atoms with Crippen LogP contribution in [0.5, 0.6) is 0 Å². The summed E-state index contributed by atoms with van der Waals surface area (Å²) in [6, 6.07) is 7.34. The summed E-state index contributed by atoms with van der Waals surface area (Å²) in [6.07, 6.45) is 1.09. The number of carboxylic acid groups (broad SMARTS) is 1. The first kappa shape index (κ1) is 17.9. The predicted molar refractivity (Wildman–Crippen MR) is 90.2 cm³/mol. The molecule has 0 radical (unpaired) electrons. The minimum Gasteiger partial charge on any atom is -0.481 e. The number of likely N-dealkylation sites (tertiary alicyclic amines) is 1. The third-order valence-electron chi connectivity index (χ3n) is 5.08. The van der Waals surface area contributed by atoms with Crippen molar-refractivity contribution in [3.63, 3.8) is 0 Å². The van der Waals surface area contributed by atoms with Gasteiger partial charge in [0.25, 0.3) is 0 Å². The molecule has 2 fully saturated rings. The second kappa shape index (κ2) is 6.76. The topological polar surface area (TPSA) is 95.0 Å².